The van der Waals surface area contributed by atoms with Crippen molar-refractivity contribution in [1.29, 1.82) is 10.8 Å². The number of amides is 2. The van der Waals surface area contributed by atoms with Gasteiger partial charge in [0, 0.05) is 44.2 Å². The number of amidine groups is 1. The van der Waals surface area contributed by atoms with Crippen LogP contribution in [0, 0.1) is 40.4 Å². The van der Waals surface area contributed by atoms with Crippen LogP contribution in [-0.4, -0.2) is 67.3 Å². The van der Waals surface area contributed by atoms with Crippen molar-refractivity contribution in [2.24, 2.45) is 41.1 Å². The molecule has 0 spiro atoms. The van der Waals surface area contributed by atoms with Gasteiger partial charge in [0.05, 0.1) is 6.04 Å². The lowest BCUT2D eigenvalue weighted by Gasteiger charge is -2.36. The quantitative estimate of drug-likeness (QED) is 0.0952. The van der Waals surface area contributed by atoms with Crippen LogP contribution in [0.1, 0.15) is 71.9 Å². The molecule has 0 saturated carbocycles. The fourth-order valence-corrected chi connectivity index (χ4v) is 6.40. The van der Waals surface area contributed by atoms with Crippen LogP contribution in [0.5, 0.6) is 0 Å². The van der Waals surface area contributed by atoms with E-state index in [-0.39, 0.29) is 29.5 Å². The Hall–Kier alpha value is -3.66. The summed E-state index contributed by atoms with van der Waals surface area (Å²) >= 11 is 0. The normalized spacial score (nSPS) is 18.3. The first-order valence-corrected chi connectivity index (χ1v) is 16.5. The van der Waals surface area contributed by atoms with E-state index in [2.05, 4.69) is 63.6 Å². The average molecular weight is 621 g/mol. The van der Waals surface area contributed by atoms with Gasteiger partial charge in [-0.1, -0.05) is 71.4 Å². The Labute approximate surface area is 269 Å². The molecule has 1 aliphatic heterocycles. The lowest BCUT2D eigenvalue weighted by Crippen LogP contribution is -2.52. The number of nitrogens with zero attached hydrogens (tertiary/aromatic N) is 1. The second-order valence-electron chi connectivity index (χ2n) is 13.5. The number of benzene rings is 1. The van der Waals surface area contributed by atoms with Gasteiger partial charge < -0.3 is 32.3 Å². The van der Waals surface area contributed by atoms with E-state index in [4.69, 9.17) is 22.3 Å². The summed E-state index contributed by atoms with van der Waals surface area (Å²) in [7, 11) is 0. The van der Waals surface area contributed by atoms with Gasteiger partial charge in [0.25, 0.3) is 0 Å². The molecule has 1 saturated heterocycles. The van der Waals surface area contributed by atoms with E-state index >= 15 is 0 Å². The Kier molecular flexibility index (Phi) is 13.2. The number of hydrogen-bond acceptors (Lipinski definition) is 5. The summed E-state index contributed by atoms with van der Waals surface area (Å²) in [6.07, 6.45) is 5.19. The van der Waals surface area contributed by atoms with E-state index in [1.165, 1.54) is 16.7 Å². The second-order valence-corrected chi connectivity index (χ2v) is 13.5. The van der Waals surface area contributed by atoms with Crippen molar-refractivity contribution in [3.8, 4) is 0 Å². The molecule has 9 N–H and O–H groups in total. The third kappa shape index (κ3) is 10.2. The van der Waals surface area contributed by atoms with E-state index in [1.807, 2.05) is 29.2 Å². The lowest BCUT2D eigenvalue weighted by molar-refractivity contribution is -0.137. The molecular formula is C35H56N8O2. The van der Waals surface area contributed by atoms with Crippen LogP contribution in [0.25, 0.3) is 0 Å². The zero-order valence-corrected chi connectivity index (χ0v) is 28.1. The Morgan fingerprint density at radius 1 is 0.978 bits per heavy atom. The van der Waals surface area contributed by atoms with Gasteiger partial charge in [0.2, 0.25) is 11.8 Å². The first-order valence-electron chi connectivity index (χ1n) is 16.5. The maximum Gasteiger partial charge on any atom is 0.240 e. The summed E-state index contributed by atoms with van der Waals surface area (Å²) in [5, 5.41) is 24.4. The molecule has 1 aromatic rings. The monoisotopic (exact) mass is 620 g/mol. The average Bonchev–Trinajstić information content (AvgIpc) is 3.00. The minimum Gasteiger partial charge on any atom is -0.384 e. The van der Waals surface area contributed by atoms with Crippen molar-refractivity contribution in [2.75, 3.05) is 32.7 Å². The summed E-state index contributed by atoms with van der Waals surface area (Å²) in [5.74, 6) is 1.60. The number of rotatable bonds is 14. The molecule has 10 heteroatoms. The molecule has 3 rings (SSSR count). The van der Waals surface area contributed by atoms with Crippen LogP contribution < -0.4 is 27.4 Å². The third-order valence-electron chi connectivity index (χ3n) is 9.18. The minimum atomic E-state index is -0.465. The topological polar surface area (TPSA) is 173 Å². The number of carbonyl (C=O) groups excluding carboxylic acids is 2. The maximum absolute atomic E-state index is 14.1. The Bertz CT molecular complexity index is 1270. The van der Waals surface area contributed by atoms with Crippen LogP contribution >= 0.6 is 0 Å². The largest absolute Gasteiger partial charge is 0.384 e. The number of nitrogens with one attached hydrogen (secondary N) is 5. The molecule has 1 fully saturated rings. The van der Waals surface area contributed by atoms with Crippen molar-refractivity contribution < 1.29 is 9.59 Å². The van der Waals surface area contributed by atoms with Gasteiger partial charge in [-0.05, 0) is 72.1 Å². The summed E-state index contributed by atoms with van der Waals surface area (Å²) < 4.78 is 0. The number of piperidine rings is 1. The fraction of sp³-hybridized carbons (Fsp3) is 0.600. The molecule has 1 aromatic carbocycles. The Morgan fingerprint density at radius 2 is 1.64 bits per heavy atom. The van der Waals surface area contributed by atoms with E-state index in [0.29, 0.717) is 81.2 Å². The van der Waals surface area contributed by atoms with Crippen molar-refractivity contribution >= 4 is 23.6 Å². The highest BCUT2D eigenvalue weighted by Crippen LogP contribution is 2.39. The number of carbonyl (C=O) groups is 2. The zero-order chi connectivity index (χ0) is 33.3. The smallest absolute Gasteiger partial charge is 0.240 e. The molecule has 10 nitrogen and oxygen atoms in total. The van der Waals surface area contributed by atoms with Crippen LogP contribution in [0.3, 0.4) is 0 Å². The fourth-order valence-electron chi connectivity index (χ4n) is 6.40. The molecule has 2 amide bonds. The molecule has 2 aliphatic rings. The SMILES string of the molecule is CC(C)C1=CC(C(C)C)CC(C(C)C)=C1CN[C@@H](Cc1cccc(C(=N)N)c1)C(=O)N1CCC(C(=O)NCCNC(=N)N)CC1. The molecule has 2 atom stereocenters. The van der Waals surface area contributed by atoms with Crippen molar-refractivity contribution in [2.45, 2.75) is 73.3 Å². The van der Waals surface area contributed by atoms with Crippen molar-refractivity contribution in [1.82, 2.24) is 20.9 Å². The summed E-state index contributed by atoms with van der Waals surface area (Å²) in [4.78, 5) is 28.7. The number of allylic oxidation sites excluding steroid dienone is 2. The predicted molar refractivity (Wildman–Crippen MR) is 183 cm³/mol. The first-order chi connectivity index (χ1) is 21.3. The Balaban J connectivity index is 1.79. The van der Waals surface area contributed by atoms with E-state index in [0.717, 1.165) is 12.0 Å². The molecule has 1 heterocycles. The van der Waals surface area contributed by atoms with Crippen LogP contribution in [0.4, 0.5) is 0 Å². The minimum absolute atomic E-state index is 0.00506. The highest BCUT2D eigenvalue weighted by atomic mass is 16.2. The number of guanidine groups is 1. The van der Waals surface area contributed by atoms with Crippen molar-refractivity contribution in [3.05, 3.63) is 58.2 Å². The molecule has 0 aromatic heterocycles. The summed E-state index contributed by atoms with van der Waals surface area (Å²) in [5.41, 5.74) is 16.9. The molecule has 0 bridgehead atoms. The van der Waals surface area contributed by atoms with E-state index < -0.39 is 6.04 Å². The van der Waals surface area contributed by atoms with Gasteiger partial charge in [0.1, 0.15) is 5.84 Å². The zero-order valence-electron chi connectivity index (χ0n) is 28.1. The van der Waals surface area contributed by atoms with Gasteiger partial charge in [-0.3, -0.25) is 20.4 Å². The highest BCUT2D eigenvalue weighted by molar-refractivity contribution is 5.95. The second kappa shape index (κ2) is 16.6. The highest BCUT2D eigenvalue weighted by Gasteiger charge is 2.32. The van der Waals surface area contributed by atoms with Crippen LogP contribution in [0.2, 0.25) is 0 Å². The predicted octanol–water partition coefficient (Wildman–Crippen LogP) is 3.52. The molecule has 45 heavy (non-hydrogen) atoms. The lowest BCUT2D eigenvalue weighted by atomic mass is 9.73. The van der Waals surface area contributed by atoms with Gasteiger partial charge in [-0.25, -0.2) is 0 Å². The molecule has 0 radical (unpaired) electrons. The third-order valence-corrected chi connectivity index (χ3v) is 9.18. The number of likely N-dealkylation sites (tertiary alicyclic amines) is 1. The maximum atomic E-state index is 14.1. The van der Waals surface area contributed by atoms with Gasteiger partial charge in [-0.2, -0.15) is 0 Å². The number of nitrogen functional groups attached to an aromatic ring is 1. The molecule has 1 unspecified atom stereocenters. The molecular weight excluding hydrogens is 564 g/mol. The van der Waals surface area contributed by atoms with Gasteiger partial charge in [-0.15, -0.1) is 0 Å². The molecule has 1 aliphatic carbocycles. The van der Waals surface area contributed by atoms with Crippen LogP contribution in [-0.2, 0) is 16.0 Å². The van der Waals surface area contributed by atoms with E-state index in [1.54, 1.807) is 0 Å². The standard InChI is InChI=1S/C35H56N8O2/c1-21(2)27-18-28(22(3)4)30(29(19-27)23(5)6)20-42-31(17-24-8-7-9-26(16-24)32(36)37)34(45)43-14-10-25(11-15-43)33(44)40-12-13-41-35(38)39/h7-9,16,18,21-23,25,27,31,42H,10-15,17,19-20H2,1-6H3,(H3,36,37)(H,40,44)(H4,38,39,41)/t27?,31-/m0/s1. The molecule has 248 valence electrons. The Morgan fingerprint density at radius 3 is 2.22 bits per heavy atom. The van der Waals surface area contributed by atoms with Crippen molar-refractivity contribution in [3.63, 3.8) is 0 Å². The van der Waals surface area contributed by atoms with E-state index in [9.17, 15) is 9.59 Å². The summed E-state index contributed by atoms with van der Waals surface area (Å²) in [6, 6.07) is 7.11. The number of nitrogens with two attached hydrogens (primary N) is 2. The van der Waals surface area contributed by atoms with Gasteiger partial charge >= 0.3 is 0 Å². The summed E-state index contributed by atoms with van der Waals surface area (Å²) in [6.45, 7) is 16.1. The number of hydrogen-bond donors (Lipinski definition) is 7. The van der Waals surface area contributed by atoms with Crippen LogP contribution in [0.15, 0.2) is 47.1 Å². The first kappa shape index (κ1) is 35.8. The van der Waals surface area contributed by atoms with Gasteiger partial charge in [0.15, 0.2) is 5.96 Å².